The topological polar surface area (TPSA) is 15.7 Å². The fourth-order valence-corrected chi connectivity index (χ4v) is 1.92. The van der Waals surface area contributed by atoms with Gasteiger partial charge in [-0.2, -0.15) is 0 Å². The second-order valence-corrected chi connectivity index (χ2v) is 4.33. The van der Waals surface area contributed by atoms with Gasteiger partial charge < -0.3 is 14.5 Å². The van der Waals surface area contributed by atoms with E-state index in [1.807, 2.05) is 0 Å². The van der Waals surface area contributed by atoms with E-state index in [1.54, 1.807) is 12.1 Å². The highest BCUT2D eigenvalue weighted by Gasteiger charge is 2.31. The molecule has 0 N–H and O–H groups in total. The second kappa shape index (κ2) is 5.06. The first-order valence-corrected chi connectivity index (χ1v) is 5.73. The van der Waals surface area contributed by atoms with Crippen molar-refractivity contribution in [3.8, 4) is 5.75 Å². The summed E-state index contributed by atoms with van der Waals surface area (Å²) in [5.74, 6) is -0.180. The zero-order chi connectivity index (χ0) is 13.2. The number of ether oxygens (including phenoxy) is 1. The lowest BCUT2D eigenvalue weighted by molar-refractivity contribution is -0.274. The van der Waals surface area contributed by atoms with E-state index in [2.05, 4.69) is 21.6 Å². The zero-order valence-electron chi connectivity index (χ0n) is 10.1. The minimum atomic E-state index is -4.63. The van der Waals surface area contributed by atoms with Gasteiger partial charge in [0.05, 0.1) is 0 Å². The molecular formula is C12H15F3N2O. The molecular weight excluding hydrogens is 245 g/mol. The Morgan fingerprint density at radius 1 is 1.00 bits per heavy atom. The van der Waals surface area contributed by atoms with Gasteiger partial charge in [-0.3, -0.25) is 0 Å². The third-order valence-electron chi connectivity index (χ3n) is 2.94. The first-order chi connectivity index (χ1) is 8.44. The summed E-state index contributed by atoms with van der Waals surface area (Å²) in [4.78, 5) is 4.37. The molecule has 18 heavy (non-hydrogen) atoms. The standard InChI is InChI=1S/C12H15F3N2O/c1-16-6-8-17(9-7-16)10-2-4-11(5-3-10)18-12(13,14)15/h2-5H,6-9H2,1H3. The summed E-state index contributed by atoms with van der Waals surface area (Å²) in [6.07, 6.45) is -4.63. The third kappa shape index (κ3) is 3.53. The molecule has 1 aromatic carbocycles. The third-order valence-corrected chi connectivity index (χ3v) is 2.94. The van der Waals surface area contributed by atoms with Crippen LogP contribution >= 0.6 is 0 Å². The van der Waals surface area contributed by atoms with E-state index in [4.69, 9.17) is 0 Å². The maximum atomic E-state index is 12.0. The maximum Gasteiger partial charge on any atom is 0.573 e. The fraction of sp³-hybridized carbons (Fsp3) is 0.500. The Bertz CT molecular complexity index is 383. The van der Waals surface area contributed by atoms with Crippen LogP contribution in [0, 0.1) is 0 Å². The molecule has 6 heteroatoms. The van der Waals surface area contributed by atoms with E-state index in [1.165, 1.54) is 12.1 Å². The molecule has 0 amide bonds. The molecule has 3 nitrogen and oxygen atoms in total. The van der Waals surface area contributed by atoms with Crippen LogP contribution in [-0.4, -0.2) is 44.5 Å². The van der Waals surface area contributed by atoms with Gasteiger partial charge in [-0.25, -0.2) is 0 Å². The van der Waals surface area contributed by atoms with Crippen molar-refractivity contribution in [1.82, 2.24) is 4.90 Å². The van der Waals surface area contributed by atoms with Gasteiger partial charge >= 0.3 is 6.36 Å². The van der Waals surface area contributed by atoms with Crippen molar-refractivity contribution in [2.24, 2.45) is 0 Å². The minimum absolute atomic E-state index is 0.180. The molecule has 1 aliphatic rings. The molecule has 0 saturated carbocycles. The minimum Gasteiger partial charge on any atom is -0.406 e. The van der Waals surface area contributed by atoms with Gasteiger partial charge in [0.25, 0.3) is 0 Å². The Balaban J connectivity index is 1.99. The van der Waals surface area contributed by atoms with Crippen LogP contribution in [0.4, 0.5) is 18.9 Å². The molecule has 0 unspecified atom stereocenters. The van der Waals surface area contributed by atoms with Crippen LogP contribution in [0.5, 0.6) is 5.75 Å². The molecule has 0 atom stereocenters. The number of likely N-dealkylation sites (N-methyl/N-ethyl adjacent to an activating group) is 1. The van der Waals surface area contributed by atoms with Crippen molar-refractivity contribution < 1.29 is 17.9 Å². The van der Waals surface area contributed by atoms with E-state index in [-0.39, 0.29) is 5.75 Å². The number of halogens is 3. The molecule has 100 valence electrons. The van der Waals surface area contributed by atoms with Crippen LogP contribution in [0.3, 0.4) is 0 Å². The predicted octanol–water partition coefficient (Wildman–Crippen LogP) is 2.34. The average Bonchev–Trinajstić information content (AvgIpc) is 2.29. The van der Waals surface area contributed by atoms with Crippen molar-refractivity contribution in [2.45, 2.75) is 6.36 Å². The van der Waals surface area contributed by atoms with E-state index in [0.717, 1.165) is 31.9 Å². The highest BCUT2D eigenvalue weighted by Crippen LogP contribution is 2.25. The van der Waals surface area contributed by atoms with E-state index >= 15 is 0 Å². The fourth-order valence-electron chi connectivity index (χ4n) is 1.92. The van der Waals surface area contributed by atoms with Gasteiger partial charge in [0.1, 0.15) is 5.75 Å². The zero-order valence-corrected chi connectivity index (χ0v) is 10.1. The summed E-state index contributed by atoms with van der Waals surface area (Å²) in [5, 5.41) is 0. The normalized spacial score (nSPS) is 17.9. The smallest absolute Gasteiger partial charge is 0.406 e. The Morgan fingerprint density at radius 2 is 1.56 bits per heavy atom. The number of alkyl halides is 3. The van der Waals surface area contributed by atoms with Crippen molar-refractivity contribution in [3.05, 3.63) is 24.3 Å². The molecule has 0 radical (unpaired) electrons. The molecule has 1 heterocycles. The van der Waals surface area contributed by atoms with Crippen LogP contribution in [0.25, 0.3) is 0 Å². The van der Waals surface area contributed by atoms with Crippen LogP contribution in [0.2, 0.25) is 0 Å². The van der Waals surface area contributed by atoms with Crippen molar-refractivity contribution in [2.75, 3.05) is 38.1 Å². The van der Waals surface area contributed by atoms with Gasteiger partial charge in [0.2, 0.25) is 0 Å². The summed E-state index contributed by atoms with van der Waals surface area (Å²) in [6, 6.07) is 6.01. The molecule has 1 fully saturated rings. The number of rotatable bonds is 2. The van der Waals surface area contributed by atoms with Gasteiger partial charge in [-0.15, -0.1) is 13.2 Å². The largest absolute Gasteiger partial charge is 0.573 e. The molecule has 1 saturated heterocycles. The molecule has 0 spiro atoms. The van der Waals surface area contributed by atoms with Crippen LogP contribution in [-0.2, 0) is 0 Å². The Labute approximate surface area is 104 Å². The number of anilines is 1. The SMILES string of the molecule is CN1CCN(c2ccc(OC(F)(F)F)cc2)CC1. The lowest BCUT2D eigenvalue weighted by Gasteiger charge is -2.34. The summed E-state index contributed by atoms with van der Waals surface area (Å²) in [5.41, 5.74) is 0.928. The lowest BCUT2D eigenvalue weighted by atomic mass is 10.2. The Kier molecular flexibility index (Phi) is 3.65. The van der Waals surface area contributed by atoms with Gasteiger partial charge in [-0.05, 0) is 31.3 Å². The highest BCUT2D eigenvalue weighted by atomic mass is 19.4. The van der Waals surface area contributed by atoms with Crippen LogP contribution in [0.15, 0.2) is 24.3 Å². The first kappa shape index (κ1) is 13.0. The summed E-state index contributed by atoms with van der Waals surface area (Å²) in [6.45, 7) is 3.69. The number of nitrogens with zero attached hydrogens (tertiary/aromatic N) is 2. The van der Waals surface area contributed by atoms with E-state index < -0.39 is 6.36 Å². The first-order valence-electron chi connectivity index (χ1n) is 5.73. The van der Waals surface area contributed by atoms with Gasteiger partial charge in [0, 0.05) is 31.9 Å². The maximum absolute atomic E-state index is 12.0. The molecule has 0 bridgehead atoms. The van der Waals surface area contributed by atoms with E-state index in [9.17, 15) is 13.2 Å². The monoisotopic (exact) mass is 260 g/mol. The summed E-state index contributed by atoms with van der Waals surface area (Å²) < 4.78 is 39.8. The van der Waals surface area contributed by atoms with Crippen molar-refractivity contribution >= 4 is 5.69 Å². The Morgan fingerprint density at radius 3 is 2.06 bits per heavy atom. The molecule has 1 aliphatic heterocycles. The molecule has 1 aromatic rings. The van der Waals surface area contributed by atoms with Gasteiger partial charge in [-0.1, -0.05) is 0 Å². The predicted molar refractivity (Wildman–Crippen MR) is 62.8 cm³/mol. The molecule has 2 rings (SSSR count). The lowest BCUT2D eigenvalue weighted by Crippen LogP contribution is -2.44. The average molecular weight is 260 g/mol. The Hall–Kier alpha value is -1.43. The molecule has 0 aromatic heterocycles. The highest BCUT2D eigenvalue weighted by molar-refractivity contribution is 5.49. The van der Waals surface area contributed by atoms with Crippen LogP contribution in [0.1, 0.15) is 0 Å². The second-order valence-electron chi connectivity index (χ2n) is 4.33. The quantitative estimate of drug-likeness (QED) is 0.811. The number of benzene rings is 1. The van der Waals surface area contributed by atoms with Gasteiger partial charge in [0.15, 0.2) is 0 Å². The number of hydrogen-bond acceptors (Lipinski definition) is 3. The summed E-state index contributed by atoms with van der Waals surface area (Å²) in [7, 11) is 2.05. The number of piperazine rings is 1. The summed E-state index contributed by atoms with van der Waals surface area (Å²) >= 11 is 0. The van der Waals surface area contributed by atoms with Crippen LogP contribution < -0.4 is 9.64 Å². The van der Waals surface area contributed by atoms with Crippen molar-refractivity contribution in [3.63, 3.8) is 0 Å². The molecule has 0 aliphatic carbocycles. The van der Waals surface area contributed by atoms with E-state index in [0.29, 0.717) is 0 Å². The number of hydrogen-bond donors (Lipinski definition) is 0. The van der Waals surface area contributed by atoms with Crippen molar-refractivity contribution in [1.29, 1.82) is 0 Å².